The molecule has 1 aromatic heterocycles. The average molecular weight is 413 g/mol. The number of ether oxygens (including phenoxy) is 1. The van der Waals surface area contributed by atoms with Gasteiger partial charge >= 0.3 is 0 Å². The van der Waals surface area contributed by atoms with Crippen LogP contribution < -0.4 is 10.1 Å². The lowest BCUT2D eigenvalue weighted by atomic mass is 10.1. The first-order valence-electron chi connectivity index (χ1n) is 9.15. The second-order valence-electron chi connectivity index (χ2n) is 6.58. The van der Waals surface area contributed by atoms with E-state index in [1.54, 1.807) is 7.11 Å². The number of carbonyl (C=O) groups excluding carboxylic acids is 1. The molecule has 1 atom stereocenters. The lowest BCUT2D eigenvalue weighted by Crippen LogP contribution is -2.35. The minimum atomic E-state index is -0.0815. The quantitative estimate of drug-likeness (QED) is 0.540. The number of nitrogens with one attached hydrogen (secondary N) is 1. The Morgan fingerprint density at radius 2 is 1.86 bits per heavy atom. The van der Waals surface area contributed by atoms with Crippen LogP contribution in [0.25, 0.3) is 11.5 Å². The van der Waals surface area contributed by atoms with E-state index < -0.39 is 0 Å². The number of hydrogen-bond donors (Lipinski definition) is 1. The Labute approximate surface area is 174 Å². The number of rotatable bonds is 9. The van der Waals surface area contributed by atoms with Crippen molar-refractivity contribution >= 4 is 17.7 Å². The Bertz CT molecular complexity index is 913. The summed E-state index contributed by atoms with van der Waals surface area (Å²) >= 11 is 1.22. The van der Waals surface area contributed by atoms with Crippen LogP contribution in [0.5, 0.6) is 5.75 Å². The third kappa shape index (κ3) is 5.82. The number of hydrogen-bond acceptors (Lipinski definition) is 7. The normalized spacial score (nSPS) is 12.0. The second kappa shape index (κ2) is 10.1. The largest absolute Gasteiger partial charge is 0.497 e. The molecule has 0 aliphatic rings. The van der Waals surface area contributed by atoms with E-state index in [0.717, 1.165) is 16.9 Å². The minimum absolute atomic E-state index is 0.0815. The first-order valence-corrected chi connectivity index (χ1v) is 10.1. The number of carbonyl (C=O) groups is 1. The van der Waals surface area contributed by atoms with Crippen molar-refractivity contribution in [2.75, 3.05) is 33.5 Å². The molecule has 0 aliphatic heterocycles. The van der Waals surface area contributed by atoms with E-state index in [1.165, 1.54) is 11.8 Å². The number of nitrogens with zero attached hydrogens (tertiary/aromatic N) is 3. The summed E-state index contributed by atoms with van der Waals surface area (Å²) in [6, 6.07) is 17.6. The summed E-state index contributed by atoms with van der Waals surface area (Å²) in [4.78, 5) is 14.4. The minimum Gasteiger partial charge on any atom is -0.497 e. The highest BCUT2D eigenvalue weighted by molar-refractivity contribution is 7.99. The Morgan fingerprint density at radius 3 is 2.52 bits per heavy atom. The molecule has 3 rings (SSSR count). The van der Waals surface area contributed by atoms with Gasteiger partial charge in [-0.25, -0.2) is 0 Å². The van der Waals surface area contributed by atoms with Gasteiger partial charge in [-0.2, -0.15) is 0 Å². The SMILES string of the molecule is COc1ccc(-c2nnc(SCC(=O)NC[C@H](c3ccccc3)N(C)C)o2)cc1. The summed E-state index contributed by atoms with van der Waals surface area (Å²) in [6.45, 7) is 0.525. The van der Waals surface area contributed by atoms with Crippen LogP contribution in [0.1, 0.15) is 11.6 Å². The fourth-order valence-corrected chi connectivity index (χ4v) is 3.37. The highest BCUT2D eigenvalue weighted by Crippen LogP contribution is 2.25. The zero-order valence-electron chi connectivity index (χ0n) is 16.7. The number of methoxy groups -OCH3 is 1. The van der Waals surface area contributed by atoms with Gasteiger partial charge in [-0.3, -0.25) is 4.79 Å². The Hall–Kier alpha value is -2.84. The molecule has 2 aromatic carbocycles. The standard InChI is InChI=1S/C21H24N4O3S/c1-25(2)18(15-7-5-4-6-8-15)13-22-19(26)14-29-21-24-23-20(28-21)16-9-11-17(27-3)12-10-16/h4-12,18H,13-14H2,1-3H3,(H,22,26)/t18-/m1/s1. The molecule has 0 unspecified atom stereocenters. The Kier molecular flexibility index (Phi) is 7.26. The molecule has 3 aromatic rings. The van der Waals surface area contributed by atoms with Gasteiger partial charge < -0.3 is 19.4 Å². The first-order chi connectivity index (χ1) is 14.1. The van der Waals surface area contributed by atoms with Gasteiger partial charge in [0.1, 0.15) is 5.75 Å². The zero-order chi connectivity index (χ0) is 20.6. The maximum absolute atomic E-state index is 12.3. The molecule has 1 N–H and O–H groups in total. The molecule has 7 nitrogen and oxygen atoms in total. The number of aromatic nitrogens is 2. The molecule has 1 amide bonds. The maximum atomic E-state index is 12.3. The monoisotopic (exact) mass is 412 g/mol. The van der Waals surface area contributed by atoms with Crippen LogP contribution in [-0.4, -0.2) is 54.5 Å². The van der Waals surface area contributed by atoms with E-state index in [1.807, 2.05) is 56.6 Å². The van der Waals surface area contributed by atoms with Crippen molar-refractivity contribution in [3.8, 4) is 17.2 Å². The molecule has 0 aliphatic carbocycles. The molecule has 0 saturated heterocycles. The van der Waals surface area contributed by atoms with Gasteiger partial charge in [0, 0.05) is 12.1 Å². The van der Waals surface area contributed by atoms with Crippen molar-refractivity contribution in [1.82, 2.24) is 20.4 Å². The van der Waals surface area contributed by atoms with Crippen LogP contribution in [0.4, 0.5) is 0 Å². The molecular formula is C21H24N4O3S. The Morgan fingerprint density at radius 1 is 1.14 bits per heavy atom. The van der Waals surface area contributed by atoms with Crippen molar-refractivity contribution < 1.29 is 13.9 Å². The van der Waals surface area contributed by atoms with Crippen LogP contribution in [0.3, 0.4) is 0 Å². The van der Waals surface area contributed by atoms with E-state index in [9.17, 15) is 4.79 Å². The summed E-state index contributed by atoms with van der Waals surface area (Å²) in [5.74, 6) is 1.29. The number of benzene rings is 2. The smallest absolute Gasteiger partial charge is 0.277 e. The van der Waals surface area contributed by atoms with Gasteiger partial charge in [-0.1, -0.05) is 42.1 Å². The summed E-state index contributed by atoms with van der Waals surface area (Å²) in [5, 5.41) is 11.4. The van der Waals surface area contributed by atoms with Crippen molar-refractivity contribution in [3.05, 3.63) is 60.2 Å². The molecule has 8 heteroatoms. The van der Waals surface area contributed by atoms with Gasteiger partial charge in [-0.05, 0) is 43.9 Å². The molecular weight excluding hydrogens is 388 g/mol. The van der Waals surface area contributed by atoms with Gasteiger partial charge in [-0.15, -0.1) is 10.2 Å². The summed E-state index contributed by atoms with van der Waals surface area (Å²) in [5.41, 5.74) is 1.96. The molecule has 1 heterocycles. The third-order valence-electron chi connectivity index (χ3n) is 4.37. The average Bonchev–Trinajstić information content (AvgIpc) is 3.22. The van der Waals surface area contributed by atoms with Gasteiger partial charge in [0.25, 0.3) is 5.22 Å². The fraction of sp³-hybridized carbons (Fsp3) is 0.286. The highest BCUT2D eigenvalue weighted by Gasteiger charge is 2.16. The van der Waals surface area contributed by atoms with Crippen molar-refractivity contribution in [2.24, 2.45) is 0 Å². The number of thioether (sulfide) groups is 1. The van der Waals surface area contributed by atoms with E-state index >= 15 is 0 Å². The number of likely N-dealkylation sites (N-methyl/N-ethyl adjacent to an activating group) is 1. The van der Waals surface area contributed by atoms with Crippen LogP contribution in [0.15, 0.2) is 64.2 Å². The third-order valence-corrected chi connectivity index (χ3v) is 5.19. The number of amides is 1. The lowest BCUT2D eigenvalue weighted by molar-refractivity contribution is -0.118. The zero-order valence-corrected chi connectivity index (χ0v) is 17.5. The van der Waals surface area contributed by atoms with Gasteiger partial charge in [0.2, 0.25) is 11.8 Å². The van der Waals surface area contributed by atoms with Crippen LogP contribution in [-0.2, 0) is 4.79 Å². The molecule has 0 saturated carbocycles. The topological polar surface area (TPSA) is 80.5 Å². The van der Waals surface area contributed by atoms with Gasteiger partial charge in [0.15, 0.2) is 0 Å². The maximum Gasteiger partial charge on any atom is 0.277 e. The van der Waals surface area contributed by atoms with Crippen LogP contribution >= 0.6 is 11.8 Å². The summed E-state index contributed by atoms with van der Waals surface area (Å²) in [6.07, 6.45) is 0. The van der Waals surface area contributed by atoms with E-state index in [2.05, 4.69) is 32.5 Å². The predicted molar refractivity (Wildman–Crippen MR) is 113 cm³/mol. The molecule has 29 heavy (non-hydrogen) atoms. The molecule has 0 spiro atoms. The summed E-state index contributed by atoms with van der Waals surface area (Å²) in [7, 11) is 5.61. The first kappa shape index (κ1) is 20.9. The van der Waals surface area contributed by atoms with Gasteiger partial charge in [0.05, 0.1) is 18.9 Å². The van der Waals surface area contributed by atoms with Crippen molar-refractivity contribution in [1.29, 1.82) is 0 Å². The van der Waals surface area contributed by atoms with Crippen LogP contribution in [0, 0.1) is 0 Å². The van der Waals surface area contributed by atoms with Crippen molar-refractivity contribution in [3.63, 3.8) is 0 Å². The molecule has 0 fully saturated rings. The van der Waals surface area contributed by atoms with Crippen molar-refractivity contribution in [2.45, 2.75) is 11.3 Å². The fourth-order valence-electron chi connectivity index (χ4n) is 2.78. The molecule has 152 valence electrons. The summed E-state index contributed by atoms with van der Waals surface area (Å²) < 4.78 is 10.8. The van der Waals surface area contributed by atoms with E-state index in [-0.39, 0.29) is 17.7 Å². The molecule has 0 bridgehead atoms. The predicted octanol–water partition coefficient (Wildman–Crippen LogP) is 3.26. The highest BCUT2D eigenvalue weighted by atomic mass is 32.2. The lowest BCUT2D eigenvalue weighted by Gasteiger charge is -2.25. The van der Waals surface area contributed by atoms with E-state index in [4.69, 9.17) is 9.15 Å². The Balaban J connectivity index is 1.51. The van der Waals surface area contributed by atoms with Crippen LogP contribution in [0.2, 0.25) is 0 Å². The molecule has 0 radical (unpaired) electrons. The second-order valence-corrected chi connectivity index (χ2v) is 7.51. The van der Waals surface area contributed by atoms with E-state index in [0.29, 0.717) is 17.7 Å².